The molecule has 0 spiro atoms. The van der Waals surface area contributed by atoms with Crippen LogP contribution in [0.25, 0.3) is 17.1 Å². The van der Waals surface area contributed by atoms with E-state index in [-0.39, 0.29) is 11.7 Å². The number of nitrogens with one attached hydrogen (secondary N) is 1. The minimum Gasteiger partial charge on any atom is -0.465 e. The molecule has 1 N–H and O–H groups in total. The van der Waals surface area contributed by atoms with Crippen LogP contribution >= 0.6 is 23.2 Å². The Kier molecular flexibility index (Phi) is 9.75. The van der Waals surface area contributed by atoms with Crippen molar-refractivity contribution in [1.82, 2.24) is 20.0 Å². The Morgan fingerprint density at radius 3 is 2.40 bits per heavy atom. The van der Waals surface area contributed by atoms with Crippen LogP contribution in [0.4, 0.5) is 0 Å². The molecule has 224 valence electrons. The summed E-state index contributed by atoms with van der Waals surface area (Å²) in [6.45, 7) is 8.49. The van der Waals surface area contributed by atoms with Gasteiger partial charge in [-0.15, -0.1) is 10.1 Å². The second-order valence-corrected chi connectivity index (χ2v) is 11.4. The van der Waals surface area contributed by atoms with Crippen molar-refractivity contribution in [3.05, 3.63) is 79.6 Å². The maximum absolute atomic E-state index is 13.4. The Hall–Kier alpha value is -3.67. The number of carbonyl (C=O) groups is 2. The summed E-state index contributed by atoms with van der Waals surface area (Å²) in [7, 11) is 0. The summed E-state index contributed by atoms with van der Waals surface area (Å²) < 4.78 is 7.22. The third kappa shape index (κ3) is 6.86. The molecule has 1 aliphatic rings. The van der Waals surface area contributed by atoms with Crippen LogP contribution in [0.5, 0.6) is 0 Å². The Labute approximate surface area is 253 Å². The van der Waals surface area contributed by atoms with Crippen molar-refractivity contribution in [2.45, 2.75) is 58.5 Å². The SMILES string of the molecule is CCCOC(=O)C(C)(C)c1ccc(-n2c(-c3ccc(Cl)cc3Cl)nc(C(=O)NN3CCC(O[N+](=O)[O-])CC3)c2C)cc1. The van der Waals surface area contributed by atoms with Gasteiger partial charge >= 0.3 is 5.97 Å². The van der Waals surface area contributed by atoms with Crippen LogP contribution in [0.1, 0.15) is 61.8 Å². The molecule has 1 amide bonds. The molecule has 1 aliphatic heterocycles. The van der Waals surface area contributed by atoms with E-state index >= 15 is 0 Å². The summed E-state index contributed by atoms with van der Waals surface area (Å²) in [5, 5.41) is 12.4. The first-order valence-electron chi connectivity index (χ1n) is 13.6. The average Bonchev–Trinajstić information content (AvgIpc) is 3.29. The number of hydrogen-bond donors (Lipinski definition) is 1. The number of hydrazine groups is 1. The van der Waals surface area contributed by atoms with E-state index in [0.29, 0.717) is 65.4 Å². The van der Waals surface area contributed by atoms with Crippen molar-refractivity contribution in [1.29, 1.82) is 0 Å². The molecule has 0 saturated carbocycles. The molecule has 42 heavy (non-hydrogen) atoms. The molecular formula is C29H33Cl2N5O6. The van der Waals surface area contributed by atoms with Crippen molar-refractivity contribution in [3.63, 3.8) is 0 Å². The number of ether oxygens (including phenoxy) is 1. The largest absolute Gasteiger partial charge is 0.465 e. The number of halogens is 2. The van der Waals surface area contributed by atoms with Crippen molar-refractivity contribution in [2.75, 3.05) is 19.7 Å². The van der Waals surface area contributed by atoms with Gasteiger partial charge < -0.3 is 9.57 Å². The van der Waals surface area contributed by atoms with Gasteiger partial charge in [-0.2, -0.15) is 0 Å². The number of aromatic nitrogens is 2. The molecule has 11 nitrogen and oxygen atoms in total. The van der Waals surface area contributed by atoms with Crippen molar-refractivity contribution in [3.8, 4) is 17.1 Å². The molecule has 0 aliphatic carbocycles. The lowest BCUT2D eigenvalue weighted by molar-refractivity contribution is -0.769. The highest BCUT2D eigenvalue weighted by molar-refractivity contribution is 6.36. The number of piperidine rings is 1. The Morgan fingerprint density at radius 2 is 1.81 bits per heavy atom. The average molecular weight is 619 g/mol. The van der Waals surface area contributed by atoms with Crippen LogP contribution in [0.3, 0.4) is 0 Å². The molecule has 13 heteroatoms. The molecule has 0 bridgehead atoms. The van der Waals surface area contributed by atoms with Gasteiger partial charge in [0.2, 0.25) is 0 Å². The number of rotatable bonds is 10. The second-order valence-electron chi connectivity index (χ2n) is 10.6. The molecule has 1 saturated heterocycles. The highest BCUT2D eigenvalue weighted by Crippen LogP contribution is 2.34. The van der Waals surface area contributed by atoms with Crippen LogP contribution < -0.4 is 5.43 Å². The Balaban J connectivity index is 1.67. The number of amides is 1. The molecule has 4 rings (SSSR count). The van der Waals surface area contributed by atoms with E-state index < -0.39 is 22.5 Å². The molecule has 1 aromatic heterocycles. The molecule has 2 heterocycles. The van der Waals surface area contributed by atoms with E-state index in [1.54, 1.807) is 30.1 Å². The fourth-order valence-corrected chi connectivity index (χ4v) is 5.29. The molecule has 2 aromatic carbocycles. The fourth-order valence-electron chi connectivity index (χ4n) is 4.80. The predicted octanol–water partition coefficient (Wildman–Crippen LogP) is 5.70. The van der Waals surface area contributed by atoms with E-state index in [2.05, 4.69) is 10.3 Å². The van der Waals surface area contributed by atoms with Crippen LogP contribution in [-0.4, -0.2) is 57.3 Å². The van der Waals surface area contributed by atoms with Crippen molar-refractivity contribution in [2.24, 2.45) is 0 Å². The second kappa shape index (κ2) is 13.1. The van der Waals surface area contributed by atoms with Crippen LogP contribution in [-0.2, 0) is 19.8 Å². The number of hydrogen-bond acceptors (Lipinski definition) is 8. The first kappa shape index (κ1) is 31.3. The normalized spacial score (nSPS) is 14.4. The molecular weight excluding hydrogens is 585 g/mol. The summed E-state index contributed by atoms with van der Waals surface area (Å²) in [5.74, 6) is -0.299. The van der Waals surface area contributed by atoms with Gasteiger partial charge in [0.05, 0.1) is 22.7 Å². The zero-order valence-electron chi connectivity index (χ0n) is 23.9. The topological polar surface area (TPSA) is 129 Å². The van der Waals surface area contributed by atoms with Gasteiger partial charge in [0.1, 0.15) is 11.9 Å². The quantitative estimate of drug-likeness (QED) is 0.174. The van der Waals surface area contributed by atoms with Crippen molar-refractivity contribution >= 4 is 35.1 Å². The Morgan fingerprint density at radius 1 is 1.14 bits per heavy atom. The molecule has 0 unspecified atom stereocenters. The number of nitrogens with zero attached hydrogens (tertiary/aromatic N) is 4. The zero-order chi connectivity index (χ0) is 30.6. The molecule has 0 atom stereocenters. The van der Waals surface area contributed by atoms with Gasteiger partial charge in [-0.05, 0) is 75.9 Å². The van der Waals surface area contributed by atoms with E-state index in [1.165, 1.54) is 0 Å². The van der Waals surface area contributed by atoms with Crippen LogP contribution in [0.2, 0.25) is 10.0 Å². The fraction of sp³-hybridized carbons (Fsp3) is 0.414. The standard InChI is InChI=1S/C29H33Cl2N5O6/c1-5-16-41-28(38)29(3,4)19-6-9-21(10-7-19)35-18(2)25(32-26(35)23-11-8-20(30)17-24(23)31)27(37)33-34-14-12-22(13-15-34)42-36(39)40/h6-11,17,22H,5,12-16H2,1-4H3,(H,33,37). The monoisotopic (exact) mass is 617 g/mol. The van der Waals surface area contributed by atoms with Gasteiger partial charge in [0, 0.05) is 29.4 Å². The minimum atomic E-state index is -0.858. The third-order valence-corrected chi connectivity index (χ3v) is 7.77. The van der Waals surface area contributed by atoms with E-state index in [9.17, 15) is 19.7 Å². The maximum atomic E-state index is 13.4. The molecule has 0 radical (unpaired) electrons. The highest BCUT2D eigenvalue weighted by atomic mass is 35.5. The number of carbonyl (C=O) groups excluding carboxylic acids is 2. The van der Waals surface area contributed by atoms with Gasteiger partial charge in [-0.3, -0.25) is 19.6 Å². The maximum Gasteiger partial charge on any atom is 0.315 e. The lowest BCUT2D eigenvalue weighted by Crippen LogP contribution is -2.48. The van der Waals surface area contributed by atoms with Crippen LogP contribution in [0.15, 0.2) is 42.5 Å². The van der Waals surface area contributed by atoms with Gasteiger partial charge in [0.15, 0.2) is 5.69 Å². The first-order chi connectivity index (χ1) is 19.9. The number of imidazole rings is 1. The van der Waals surface area contributed by atoms with E-state index in [0.717, 1.165) is 12.0 Å². The zero-order valence-corrected chi connectivity index (χ0v) is 25.4. The predicted molar refractivity (Wildman–Crippen MR) is 158 cm³/mol. The minimum absolute atomic E-state index is 0.187. The molecule has 1 fully saturated rings. The number of esters is 1. The summed E-state index contributed by atoms with van der Waals surface area (Å²) in [6.07, 6.45) is 1.03. The lowest BCUT2D eigenvalue weighted by Gasteiger charge is -2.30. The van der Waals surface area contributed by atoms with Gasteiger partial charge in [-0.1, -0.05) is 42.3 Å². The van der Waals surface area contributed by atoms with Crippen LogP contribution in [0, 0.1) is 17.0 Å². The van der Waals surface area contributed by atoms with E-state index in [4.69, 9.17) is 32.9 Å². The van der Waals surface area contributed by atoms with Gasteiger partial charge in [-0.25, -0.2) is 9.99 Å². The molecule has 3 aromatic rings. The lowest BCUT2D eigenvalue weighted by atomic mass is 9.84. The highest BCUT2D eigenvalue weighted by Gasteiger charge is 2.32. The number of benzene rings is 2. The smallest absolute Gasteiger partial charge is 0.315 e. The van der Waals surface area contributed by atoms with Crippen molar-refractivity contribution < 1.29 is 24.3 Å². The summed E-state index contributed by atoms with van der Waals surface area (Å²) in [4.78, 5) is 46.1. The van der Waals surface area contributed by atoms with E-state index in [1.807, 2.05) is 49.6 Å². The Bertz CT molecular complexity index is 1470. The summed E-state index contributed by atoms with van der Waals surface area (Å²) in [6, 6.07) is 12.5. The summed E-state index contributed by atoms with van der Waals surface area (Å²) >= 11 is 12.7. The first-order valence-corrected chi connectivity index (χ1v) is 14.4. The van der Waals surface area contributed by atoms with Gasteiger partial charge in [0.25, 0.3) is 11.0 Å². The summed E-state index contributed by atoms with van der Waals surface area (Å²) in [5.41, 5.74) is 4.82. The third-order valence-electron chi connectivity index (χ3n) is 7.23.